The Kier molecular flexibility index (Phi) is 8.59. The second-order valence-corrected chi connectivity index (χ2v) is 5.13. The van der Waals surface area contributed by atoms with Gasteiger partial charge in [-0.05, 0) is 31.9 Å². The molecule has 0 aromatic carbocycles. The second kappa shape index (κ2) is 8.74. The Hall–Kier alpha value is -0.300. The van der Waals surface area contributed by atoms with Gasteiger partial charge in [0.15, 0.2) is 5.96 Å². The maximum atomic E-state index is 5.78. The molecule has 0 radical (unpaired) electrons. The van der Waals surface area contributed by atoms with Gasteiger partial charge in [-0.1, -0.05) is 13.8 Å². The SMILES string of the molecule is CCc1ccc(CN=C(N)NC(C)CC)s1.I. The predicted molar refractivity (Wildman–Crippen MR) is 87.3 cm³/mol. The van der Waals surface area contributed by atoms with Gasteiger partial charge in [0, 0.05) is 15.8 Å². The van der Waals surface area contributed by atoms with Crippen molar-refractivity contribution in [2.24, 2.45) is 10.7 Å². The van der Waals surface area contributed by atoms with Crippen molar-refractivity contribution in [2.75, 3.05) is 0 Å². The molecule has 0 bridgehead atoms. The number of nitrogens with zero attached hydrogens (tertiary/aromatic N) is 1. The van der Waals surface area contributed by atoms with Gasteiger partial charge in [0.2, 0.25) is 0 Å². The molecule has 0 spiro atoms. The molecular weight excluding hydrogens is 345 g/mol. The van der Waals surface area contributed by atoms with Crippen molar-refractivity contribution in [1.82, 2.24) is 5.32 Å². The van der Waals surface area contributed by atoms with Crippen molar-refractivity contribution in [3.05, 3.63) is 21.9 Å². The van der Waals surface area contributed by atoms with E-state index >= 15 is 0 Å². The van der Waals surface area contributed by atoms with E-state index < -0.39 is 0 Å². The lowest BCUT2D eigenvalue weighted by atomic mass is 10.3. The molecule has 0 aliphatic carbocycles. The second-order valence-electron chi connectivity index (χ2n) is 3.88. The van der Waals surface area contributed by atoms with Gasteiger partial charge < -0.3 is 11.1 Å². The fourth-order valence-corrected chi connectivity index (χ4v) is 2.14. The van der Waals surface area contributed by atoms with E-state index in [0.717, 1.165) is 12.8 Å². The Labute approximate surface area is 125 Å². The molecule has 3 nitrogen and oxygen atoms in total. The maximum Gasteiger partial charge on any atom is 0.189 e. The minimum absolute atomic E-state index is 0. The number of rotatable bonds is 5. The van der Waals surface area contributed by atoms with E-state index in [1.54, 1.807) is 0 Å². The molecule has 17 heavy (non-hydrogen) atoms. The molecule has 1 unspecified atom stereocenters. The summed E-state index contributed by atoms with van der Waals surface area (Å²) in [5.74, 6) is 0.542. The monoisotopic (exact) mass is 367 g/mol. The van der Waals surface area contributed by atoms with Crippen molar-refractivity contribution in [3.63, 3.8) is 0 Å². The van der Waals surface area contributed by atoms with Gasteiger partial charge in [-0.25, -0.2) is 4.99 Å². The topological polar surface area (TPSA) is 50.4 Å². The van der Waals surface area contributed by atoms with Crippen LogP contribution in [-0.2, 0) is 13.0 Å². The smallest absolute Gasteiger partial charge is 0.189 e. The molecule has 1 atom stereocenters. The highest BCUT2D eigenvalue weighted by Crippen LogP contribution is 2.17. The molecule has 1 rings (SSSR count). The summed E-state index contributed by atoms with van der Waals surface area (Å²) in [4.78, 5) is 6.99. The predicted octanol–water partition coefficient (Wildman–Crippen LogP) is 3.13. The fraction of sp³-hybridized carbons (Fsp3) is 0.583. The first-order chi connectivity index (χ1) is 7.65. The van der Waals surface area contributed by atoms with E-state index in [4.69, 9.17) is 5.73 Å². The molecule has 1 aromatic rings. The van der Waals surface area contributed by atoms with Gasteiger partial charge in [0.25, 0.3) is 0 Å². The molecule has 5 heteroatoms. The van der Waals surface area contributed by atoms with Gasteiger partial charge in [-0.15, -0.1) is 35.3 Å². The first kappa shape index (κ1) is 16.7. The van der Waals surface area contributed by atoms with E-state index in [2.05, 4.69) is 43.2 Å². The number of halogens is 1. The Balaban J connectivity index is 0.00000256. The molecule has 1 aromatic heterocycles. The number of nitrogens with two attached hydrogens (primary N) is 1. The van der Waals surface area contributed by atoms with Crippen molar-refractivity contribution in [1.29, 1.82) is 0 Å². The van der Waals surface area contributed by atoms with Crippen LogP contribution in [0.15, 0.2) is 17.1 Å². The van der Waals surface area contributed by atoms with Gasteiger partial charge in [-0.3, -0.25) is 0 Å². The summed E-state index contributed by atoms with van der Waals surface area (Å²) in [5, 5.41) is 3.15. The van der Waals surface area contributed by atoms with E-state index in [1.165, 1.54) is 9.75 Å². The summed E-state index contributed by atoms with van der Waals surface area (Å²) in [6, 6.07) is 4.68. The summed E-state index contributed by atoms with van der Waals surface area (Å²) in [5.41, 5.74) is 5.78. The molecule has 0 fully saturated rings. The largest absolute Gasteiger partial charge is 0.370 e. The standard InChI is InChI=1S/C12H21N3S.HI/c1-4-9(3)15-12(13)14-8-11-7-6-10(5-2)16-11;/h6-7,9H,4-5,8H2,1-3H3,(H3,13,14,15);1H. The molecule has 98 valence electrons. The van der Waals surface area contributed by atoms with Crippen LogP contribution in [0.25, 0.3) is 0 Å². The van der Waals surface area contributed by atoms with Crippen molar-refractivity contribution in [3.8, 4) is 0 Å². The maximum absolute atomic E-state index is 5.78. The van der Waals surface area contributed by atoms with Crippen molar-refractivity contribution in [2.45, 2.75) is 46.2 Å². The molecule has 0 saturated heterocycles. The van der Waals surface area contributed by atoms with Crippen molar-refractivity contribution >= 4 is 41.3 Å². The van der Waals surface area contributed by atoms with Crippen LogP contribution in [0.1, 0.15) is 36.9 Å². The van der Waals surface area contributed by atoms with Gasteiger partial charge >= 0.3 is 0 Å². The summed E-state index contributed by atoms with van der Waals surface area (Å²) in [6.07, 6.45) is 2.14. The average molecular weight is 367 g/mol. The summed E-state index contributed by atoms with van der Waals surface area (Å²) >= 11 is 1.81. The lowest BCUT2D eigenvalue weighted by molar-refractivity contribution is 0.636. The lowest BCUT2D eigenvalue weighted by Gasteiger charge is -2.11. The van der Waals surface area contributed by atoms with Crippen molar-refractivity contribution < 1.29 is 0 Å². The van der Waals surface area contributed by atoms with Crippen LogP contribution in [0.4, 0.5) is 0 Å². The first-order valence-corrected chi connectivity index (χ1v) is 6.61. The molecule has 0 amide bonds. The normalized spacial score (nSPS) is 13.0. The fourth-order valence-electron chi connectivity index (χ4n) is 1.26. The number of hydrogen-bond donors (Lipinski definition) is 2. The van der Waals surface area contributed by atoms with E-state index in [0.29, 0.717) is 18.5 Å². The van der Waals surface area contributed by atoms with Crippen LogP contribution in [0.3, 0.4) is 0 Å². The number of aliphatic imine (C=N–C) groups is 1. The van der Waals surface area contributed by atoms with E-state index in [-0.39, 0.29) is 24.0 Å². The summed E-state index contributed by atoms with van der Waals surface area (Å²) < 4.78 is 0. The van der Waals surface area contributed by atoms with Crippen LogP contribution < -0.4 is 11.1 Å². The number of nitrogens with one attached hydrogen (secondary N) is 1. The zero-order valence-electron chi connectivity index (χ0n) is 10.7. The van der Waals surface area contributed by atoms with E-state index in [9.17, 15) is 0 Å². The average Bonchev–Trinajstić information content (AvgIpc) is 2.74. The molecule has 0 aliphatic heterocycles. The Morgan fingerprint density at radius 2 is 2.06 bits per heavy atom. The van der Waals surface area contributed by atoms with Crippen LogP contribution >= 0.6 is 35.3 Å². The van der Waals surface area contributed by atoms with Crippen LogP contribution in [0, 0.1) is 0 Å². The zero-order chi connectivity index (χ0) is 12.0. The third-order valence-corrected chi connectivity index (χ3v) is 3.69. The third kappa shape index (κ3) is 6.26. The summed E-state index contributed by atoms with van der Waals surface area (Å²) in [7, 11) is 0. The lowest BCUT2D eigenvalue weighted by Crippen LogP contribution is -2.37. The van der Waals surface area contributed by atoms with Crippen LogP contribution in [0.2, 0.25) is 0 Å². The number of aryl methyl sites for hydroxylation is 1. The molecule has 1 heterocycles. The Morgan fingerprint density at radius 1 is 1.41 bits per heavy atom. The van der Waals surface area contributed by atoms with Gasteiger partial charge in [-0.2, -0.15) is 0 Å². The first-order valence-electron chi connectivity index (χ1n) is 5.79. The number of hydrogen-bond acceptors (Lipinski definition) is 2. The minimum atomic E-state index is 0. The zero-order valence-corrected chi connectivity index (χ0v) is 13.8. The molecule has 3 N–H and O–H groups in total. The van der Waals surface area contributed by atoms with Gasteiger partial charge in [0.1, 0.15) is 0 Å². The molecule has 0 saturated carbocycles. The highest BCUT2D eigenvalue weighted by molar-refractivity contribution is 14.0. The minimum Gasteiger partial charge on any atom is -0.370 e. The quantitative estimate of drug-likeness (QED) is 0.477. The summed E-state index contributed by atoms with van der Waals surface area (Å²) in [6.45, 7) is 7.07. The van der Waals surface area contributed by atoms with E-state index in [1.807, 2.05) is 11.3 Å². The number of guanidine groups is 1. The Bertz CT molecular complexity index is 349. The van der Waals surface area contributed by atoms with Gasteiger partial charge in [0.05, 0.1) is 6.54 Å². The third-order valence-electron chi connectivity index (χ3n) is 2.48. The number of thiophene rings is 1. The highest BCUT2D eigenvalue weighted by Gasteiger charge is 2.00. The van der Waals surface area contributed by atoms with Crippen LogP contribution in [-0.4, -0.2) is 12.0 Å². The Morgan fingerprint density at radius 3 is 2.59 bits per heavy atom. The molecule has 0 aliphatic rings. The highest BCUT2D eigenvalue weighted by atomic mass is 127. The van der Waals surface area contributed by atoms with Crippen LogP contribution in [0.5, 0.6) is 0 Å². The molecular formula is C12H22IN3S.